The Hall–Kier alpha value is -3.93. The van der Waals surface area contributed by atoms with Crippen LogP contribution in [0.5, 0.6) is 17.2 Å². The summed E-state index contributed by atoms with van der Waals surface area (Å²) in [5.74, 6) is 2.02. The summed E-state index contributed by atoms with van der Waals surface area (Å²) in [7, 11) is 0. The fourth-order valence-electron chi connectivity index (χ4n) is 2.74. The van der Waals surface area contributed by atoms with Gasteiger partial charge >= 0.3 is 0 Å². The maximum atomic E-state index is 12.3. The number of hydrogen-bond donors (Lipinski definition) is 2. The topological polar surface area (TPSA) is 68.8 Å². The molecule has 0 saturated heterocycles. The first kappa shape index (κ1) is 21.8. The van der Waals surface area contributed by atoms with Gasteiger partial charge in [-0.3, -0.25) is 4.79 Å². The number of anilines is 2. The molecule has 1 amide bonds. The van der Waals surface area contributed by atoms with E-state index in [-0.39, 0.29) is 12.5 Å². The molecule has 0 atom stereocenters. The summed E-state index contributed by atoms with van der Waals surface area (Å²) < 4.78 is 16.9. The van der Waals surface area contributed by atoms with Crippen molar-refractivity contribution in [1.82, 2.24) is 0 Å². The molecule has 3 aromatic carbocycles. The van der Waals surface area contributed by atoms with Crippen molar-refractivity contribution in [2.45, 2.75) is 0 Å². The van der Waals surface area contributed by atoms with Crippen LogP contribution in [-0.4, -0.2) is 32.3 Å². The SMILES string of the molecule is C=CCOc1ccc(NC(=O)CNc2ccccc2OCCOc2ccccc2)cc1. The molecule has 0 heterocycles. The van der Waals surface area contributed by atoms with Crippen molar-refractivity contribution < 1.29 is 19.0 Å². The predicted molar refractivity (Wildman–Crippen MR) is 123 cm³/mol. The van der Waals surface area contributed by atoms with Gasteiger partial charge in [0.2, 0.25) is 5.91 Å². The van der Waals surface area contributed by atoms with Crippen molar-refractivity contribution in [3.05, 3.63) is 91.5 Å². The first-order valence-corrected chi connectivity index (χ1v) is 10.0. The van der Waals surface area contributed by atoms with Crippen LogP contribution in [0.4, 0.5) is 11.4 Å². The number of ether oxygens (including phenoxy) is 3. The van der Waals surface area contributed by atoms with Crippen LogP contribution in [-0.2, 0) is 4.79 Å². The largest absolute Gasteiger partial charge is 0.490 e. The molecule has 0 bridgehead atoms. The van der Waals surface area contributed by atoms with Crippen LogP contribution in [0, 0.1) is 0 Å². The molecule has 0 aliphatic heterocycles. The zero-order valence-electron chi connectivity index (χ0n) is 17.3. The van der Waals surface area contributed by atoms with Crippen molar-refractivity contribution in [2.75, 3.05) is 37.0 Å². The maximum Gasteiger partial charge on any atom is 0.243 e. The van der Waals surface area contributed by atoms with Crippen molar-refractivity contribution in [3.63, 3.8) is 0 Å². The number of carbonyl (C=O) groups excluding carboxylic acids is 1. The number of carbonyl (C=O) groups is 1. The Balaban J connectivity index is 1.44. The second kappa shape index (κ2) is 11.9. The van der Waals surface area contributed by atoms with Gasteiger partial charge in [-0.15, -0.1) is 0 Å². The van der Waals surface area contributed by atoms with Gasteiger partial charge in [0.15, 0.2) is 0 Å². The third-order valence-electron chi connectivity index (χ3n) is 4.19. The summed E-state index contributed by atoms with van der Waals surface area (Å²) in [6.45, 7) is 4.97. The first-order chi connectivity index (χ1) is 15.2. The highest BCUT2D eigenvalue weighted by molar-refractivity contribution is 5.94. The monoisotopic (exact) mass is 418 g/mol. The van der Waals surface area contributed by atoms with Gasteiger partial charge in [0.1, 0.15) is 37.1 Å². The number of hydrogen-bond acceptors (Lipinski definition) is 5. The Bertz CT molecular complexity index is 959. The highest BCUT2D eigenvalue weighted by Gasteiger charge is 2.07. The molecule has 0 spiro atoms. The molecule has 0 fully saturated rings. The normalized spacial score (nSPS) is 10.1. The molecule has 0 aromatic heterocycles. The van der Waals surface area contributed by atoms with Crippen LogP contribution in [0.1, 0.15) is 0 Å². The molecule has 2 N–H and O–H groups in total. The average molecular weight is 418 g/mol. The lowest BCUT2D eigenvalue weighted by Crippen LogP contribution is -2.22. The Kier molecular flexibility index (Phi) is 8.37. The predicted octanol–water partition coefficient (Wildman–Crippen LogP) is 4.76. The van der Waals surface area contributed by atoms with Crippen LogP contribution in [0.25, 0.3) is 0 Å². The van der Waals surface area contributed by atoms with Gasteiger partial charge in [0.05, 0.1) is 12.2 Å². The van der Waals surface area contributed by atoms with Crippen molar-refractivity contribution in [1.29, 1.82) is 0 Å². The quantitative estimate of drug-likeness (QED) is 0.328. The summed E-state index contributed by atoms with van der Waals surface area (Å²) in [6, 6.07) is 24.3. The standard InChI is InChI=1S/C25H26N2O4/c1-2-16-29-22-14-12-20(13-15-22)27-25(28)19-26-23-10-6-7-11-24(23)31-18-17-30-21-8-4-3-5-9-21/h2-15,26H,1,16-19H2,(H,27,28). The van der Waals surface area contributed by atoms with Crippen LogP contribution < -0.4 is 24.8 Å². The zero-order valence-corrected chi connectivity index (χ0v) is 17.3. The molecule has 3 aromatic rings. The Labute approximate surface area is 182 Å². The first-order valence-electron chi connectivity index (χ1n) is 10.0. The van der Waals surface area contributed by atoms with Gasteiger partial charge in [-0.25, -0.2) is 0 Å². The Morgan fingerprint density at radius 1 is 0.806 bits per heavy atom. The van der Waals surface area contributed by atoms with E-state index >= 15 is 0 Å². The number of amides is 1. The fraction of sp³-hybridized carbons (Fsp3) is 0.160. The van der Waals surface area contributed by atoms with Gasteiger partial charge in [-0.05, 0) is 48.5 Å². The number of para-hydroxylation sites is 3. The molecule has 6 heteroatoms. The van der Waals surface area contributed by atoms with Gasteiger partial charge in [-0.2, -0.15) is 0 Å². The second-order valence-electron chi connectivity index (χ2n) is 6.53. The van der Waals surface area contributed by atoms with Gasteiger partial charge in [0, 0.05) is 5.69 Å². The molecular formula is C25H26N2O4. The van der Waals surface area contributed by atoms with E-state index in [0.717, 1.165) is 17.2 Å². The molecule has 0 aliphatic rings. The third kappa shape index (κ3) is 7.44. The van der Waals surface area contributed by atoms with E-state index < -0.39 is 0 Å². The smallest absolute Gasteiger partial charge is 0.243 e. The summed E-state index contributed by atoms with van der Waals surface area (Å²) in [4.78, 5) is 12.3. The maximum absolute atomic E-state index is 12.3. The van der Waals surface area contributed by atoms with Crippen LogP contribution in [0.2, 0.25) is 0 Å². The lowest BCUT2D eigenvalue weighted by molar-refractivity contribution is -0.114. The van der Waals surface area contributed by atoms with Crippen LogP contribution in [0.15, 0.2) is 91.5 Å². The van der Waals surface area contributed by atoms with E-state index in [1.165, 1.54) is 0 Å². The summed E-state index contributed by atoms with van der Waals surface area (Å²) in [5.41, 5.74) is 1.44. The molecule has 0 saturated carbocycles. The van der Waals surface area contributed by atoms with E-state index in [1.54, 1.807) is 30.3 Å². The molecular weight excluding hydrogens is 392 g/mol. The minimum Gasteiger partial charge on any atom is -0.490 e. The molecule has 0 radical (unpaired) electrons. The molecule has 0 aliphatic carbocycles. The van der Waals surface area contributed by atoms with Gasteiger partial charge in [-0.1, -0.05) is 43.0 Å². The average Bonchev–Trinajstić information content (AvgIpc) is 2.81. The Morgan fingerprint density at radius 3 is 2.26 bits per heavy atom. The molecule has 6 nitrogen and oxygen atoms in total. The third-order valence-corrected chi connectivity index (χ3v) is 4.19. The summed E-state index contributed by atoms with van der Waals surface area (Å²) >= 11 is 0. The summed E-state index contributed by atoms with van der Waals surface area (Å²) in [6.07, 6.45) is 1.68. The van der Waals surface area contributed by atoms with Crippen molar-refractivity contribution in [2.24, 2.45) is 0 Å². The zero-order chi connectivity index (χ0) is 21.7. The Morgan fingerprint density at radius 2 is 1.48 bits per heavy atom. The molecule has 0 unspecified atom stereocenters. The van der Waals surface area contributed by atoms with Gasteiger partial charge < -0.3 is 24.8 Å². The minimum absolute atomic E-state index is 0.107. The number of nitrogens with one attached hydrogen (secondary N) is 2. The van der Waals surface area contributed by atoms with Crippen LogP contribution in [0.3, 0.4) is 0 Å². The number of rotatable bonds is 12. The van der Waals surface area contributed by atoms with Crippen LogP contribution >= 0.6 is 0 Å². The highest BCUT2D eigenvalue weighted by atomic mass is 16.5. The highest BCUT2D eigenvalue weighted by Crippen LogP contribution is 2.23. The lowest BCUT2D eigenvalue weighted by atomic mass is 10.3. The minimum atomic E-state index is -0.165. The molecule has 160 valence electrons. The lowest BCUT2D eigenvalue weighted by Gasteiger charge is -2.14. The number of benzene rings is 3. The van der Waals surface area contributed by atoms with E-state index in [2.05, 4.69) is 17.2 Å². The van der Waals surface area contributed by atoms with Crippen molar-refractivity contribution >= 4 is 17.3 Å². The molecule has 3 rings (SSSR count). The molecule has 31 heavy (non-hydrogen) atoms. The van der Waals surface area contributed by atoms with E-state index in [0.29, 0.717) is 31.3 Å². The second-order valence-corrected chi connectivity index (χ2v) is 6.53. The van der Waals surface area contributed by atoms with E-state index in [4.69, 9.17) is 14.2 Å². The van der Waals surface area contributed by atoms with E-state index in [1.807, 2.05) is 54.6 Å². The van der Waals surface area contributed by atoms with E-state index in [9.17, 15) is 4.79 Å². The van der Waals surface area contributed by atoms with Crippen molar-refractivity contribution in [3.8, 4) is 17.2 Å². The van der Waals surface area contributed by atoms with Gasteiger partial charge in [0.25, 0.3) is 0 Å². The summed E-state index contributed by atoms with van der Waals surface area (Å²) in [5, 5.41) is 5.96. The fourth-order valence-corrected chi connectivity index (χ4v) is 2.74.